The van der Waals surface area contributed by atoms with Gasteiger partial charge in [-0.25, -0.2) is 14.8 Å². The van der Waals surface area contributed by atoms with Gasteiger partial charge in [-0.1, -0.05) is 23.9 Å². The van der Waals surface area contributed by atoms with Gasteiger partial charge < -0.3 is 4.74 Å². The Balaban J connectivity index is 2.66. The van der Waals surface area contributed by atoms with Crippen molar-refractivity contribution in [1.29, 1.82) is 0 Å². The molecule has 2 aromatic rings. The number of esters is 1. The minimum atomic E-state index is -0.545. The highest BCUT2D eigenvalue weighted by atomic mass is 32.2. The summed E-state index contributed by atoms with van der Waals surface area (Å²) < 4.78 is 5.27. The van der Waals surface area contributed by atoms with E-state index in [9.17, 15) is 14.9 Å². The number of aromatic nitrogens is 2. The van der Waals surface area contributed by atoms with Crippen LogP contribution in [0.5, 0.6) is 0 Å². The number of hydrogen-bond donors (Lipinski definition) is 0. The van der Waals surface area contributed by atoms with Crippen LogP contribution in [0.15, 0.2) is 29.4 Å². The van der Waals surface area contributed by atoms with Gasteiger partial charge in [0.15, 0.2) is 5.16 Å². The molecule has 0 unspecified atom stereocenters. The summed E-state index contributed by atoms with van der Waals surface area (Å²) in [5.74, 6) is -0.545. The van der Waals surface area contributed by atoms with Gasteiger partial charge in [0.2, 0.25) is 0 Å². The van der Waals surface area contributed by atoms with E-state index in [1.165, 1.54) is 23.9 Å². The first-order valence-corrected chi connectivity index (χ1v) is 8.44. The molecule has 2 rings (SSSR count). The number of hydrogen-bond acceptors (Lipinski definition) is 7. The standard InChI is InChI=1S/C16H17N3O4S/c1-9(2)23-15(20)13-10(3)17-16(24-4)18-14(13)11-6-5-7-12(8-11)19(21)22/h5-9H,1-4H3. The van der Waals surface area contributed by atoms with Crippen LogP contribution in [0, 0.1) is 17.0 Å². The Kier molecular flexibility index (Phi) is 5.50. The summed E-state index contributed by atoms with van der Waals surface area (Å²) in [7, 11) is 0. The molecule has 126 valence electrons. The van der Waals surface area contributed by atoms with Crippen LogP contribution in [0.25, 0.3) is 11.3 Å². The van der Waals surface area contributed by atoms with Crippen LogP contribution in [0.2, 0.25) is 0 Å². The maximum atomic E-state index is 12.4. The second-order valence-corrected chi connectivity index (χ2v) is 6.05. The van der Waals surface area contributed by atoms with E-state index in [4.69, 9.17) is 4.74 Å². The summed E-state index contributed by atoms with van der Waals surface area (Å²) in [6.45, 7) is 5.19. The van der Waals surface area contributed by atoms with Crippen molar-refractivity contribution < 1.29 is 14.5 Å². The lowest BCUT2D eigenvalue weighted by molar-refractivity contribution is -0.384. The summed E-state index contributed by atoms with van der Waals surface area (Å²) in [4.78, 5) is 31.6. The quantitative estimate of drug-likeness (QED) is 0.268. The van der Waals surface area contributed by atoms with Gasteiger partial charge in [-0.3, -0.25) is 10.1 Å². The fourth-order valence-electron chi connectivity index (χ4n) is 2.13. The number of benzene rings is 1. The fourth-order valence-corrected chi connectivity index (χ4v) is 2.54. The van der Waals surface area contributed by atoms with Crippen molar-refractivity contribution in [2.75, 3.05) is 6.26 Å². The van der Waals surface area contributed by atoms with Crippen LogP contribution in [-0.2, 0) is 4.74 Å². The largest absolute Gasteiger partial charge is 0.459 e. The maximum absolute atomic E-state index is 12.4. The van der Waals surface area contributed by atoms with Crippen LogP contribution in [0.1, 0.15) is 29.9 Å². The van der Waals surface area contributed by atoms with Gasteiger partial charge in [-0.15, -0.1) is 0 Å². The lowest BCUT2D eigenvalue weighted by atomic mass is 10.0. The summed E-state index contributed by atoms with van der Waals surface area (Å²) in [6, 6.07) is 6.00. The van der Waals surface area contributed by atoms with E-state index in [1.807, 2.05) is 6.26 Å². The van der Waals surface area contributed by atoms with Gasteiger partial charge in [0.05, 0.1) is 22.4 Å². The third-order valence-corrected chi connectivity index (χ3v) is 3.68. The minimum Gasteiger partial charge on any atom is -0.459 e. The Morgan fingerprint density at radius 2 is 2.04 bits per heavy atom. The zero-order valence-corrected chi connectivity index (χ0v) is 14.6. The molecule has 0 aliphatic rings. The highest BCUT2D eigenvalue weighted by molar-refractivity contribution is 7.98. The van der Waals surface area contributed by atoms with Crippen LogP contribution < -0.4 is 0 Å². The second-order valence-electron chi connectivity index (χ2n) is 5.28. The normalized spacial score (nSPS) is 10.7. The molecular weight excluding hydrogens is 330 g/mol. The van der Waals surface area contributed by atoms with E-state index in [1.54, 1.807) is 32.9 Å². The average molecular weight is 347 g/mol. The van der Waals surface area contributed by atoms with Gasteiger partial charge in [0, 0.05) is 17.7 Å². The third kappa shape index (κ3) is 3.88. The Bertz CT molecular complexity index is 793. The highest BCUT2D eigenvalue weighted by Gasteiger charge is 2.23. The van der Waals surface area contributed by atoms with E-state index in [2.05, 4.69) is 9.97 Å². The first kappa shape index (κ1) is 17.9. The molecule has 8 heteroatoms. The van der Waals surface area contributed by atoms with Crippen LogP contribution in [0.4, 0.5) is 5.69 Å². The number of thioether (sulfide) groups is 1. The first-order chi connectivity index (χ1) is 11.3. The number of nitro groups is 1. The second kappa shape index (κ2) is 7.39. The number of carbonyl (C=O) groups excluding carboxylic acids is 1. The summed E-state index contributed by atoms with van der Waals surface area (Å²) in [5, 5.41) is 11.5. The molecule has 0 saturated heterocycles. The van der Waals surface area contributed by atoms with Crippen LogP contribution in [-0.4, -0.2) is 33.2 Å². The molecule has 0 atom stereocenters. The highest BCUT2D eigenvalue weighted by Crippen LogP contribution is 2.29. The molecular formula is C16H17N3O4S. The van der Waals surface area contributed by atoms with Gasteiger partial charge in [0.25, 0.3) is 5.69 Å². The smallest absolute Gasteiger partial charge is 0.342 e. The van der Waals surface area contributed by atoms with Gasteiger partial charge in [-0.05, 0) is 27.0 Å². The van der Waals surface area contributed by atoms with Crippen LogP contribution in [0.3, 0.4) is 0 Å². The molecule has 0 amide bonds. The maximum Gasteiger partial charge on any atom is 0.342 e. The zero-order chi connectivity index (χ0) is 17.9. The molecule has 0 bridgehead atoms. The van der Waals surface area contributed by atoms with Crippen molar-refractivity contribution >= 4 is 23.4 Å². The van der Waals surface area contributed by atoms with Crippen LogP contribution >= 0.6 is 11.8 Å². The molecule has 1 aromatic carbocycles. The SMILES string of the molecule is CSc1nc(C)c(C(=O)OC(C)C)c(-c2cccc([N+](=O)[O-])c2)n1. The van der Waals surface area contributed by atoms with Crippen molar-refractivity contribution in [2.45, 2.75) is 32.0 Å². The number of carbonyl (C=O) groups is 1. The Hall–Kier alpha value is -2.48. The Morgan fingerprint density at radius 1 is 1.33 bits per heavy atom. The summed E-state index contributed by atoms with van der Waals surface area (Å²) in [5.41, 5.74) is 1.43. The summed E-state index contributed by atoms with van der Waals surface area (Å²) >= 11 is 1.33. The first-order valence-electron chi connectivity index (χ1n) is 7.22. The van der Waals surface area contributed by atoms with Crippen molar-refractivity contribution in [3.8, 4) is 11.3 Å². The molecule has 1 aromatic heterocycles. The van der Waals surface area contributed by atoms with E-state index in [-0.39, 0.29) is 17.4 Å². The zero-order valence-electron chi connectivity index (χ0n) is 13.8. The Morgan fingerprint density at radius 3 is 2.62 bits per heavy atom. The van der Waals surface area contributed by atoms with E-state index in [0.717, 1.165) is 0 Å². The lowest BCUT2D eigenvalue weighted by Gasteiger charge is -2.14. The Labute approximate surface area is 143 Å². The monoisotopic (exact) mass is 347 g/mol. The van der Waals surface area contributed by atoms with Gasteiger partial charge in [-0.2, -0.15) is 0 Å². The molecule has 1 heterocycles. The van der Waals surface area contributed by atoms with E-state index in [0.29, 0.717) is 22.1 Å². The molecule has 0 aliphatic heterocycles. The van der Waals surface area contributed by atoms with Crippen molar-refractivity contribution in [2.24, 2.45) is 0 Å². The fraction of sp³-hybridized carbons (Fsp3) is 0.312. The van der Waals surface area contributed by atoms with Gasteiger partial charge >= 0.3 is 5.97 Å². The van der Waals surface area contributed by atoms with Crippen molar-refractivity contribution in [1.82, 2.24) is 9.97 Å². The molecule has 0 saturated carbocycles. The number of aryl methyl sites for hydroxylation is 1. The number of ether oxygens (including phenoxy) is 1. The van der Waals surface area contributed by atoms with Gasteiger partial charge in [0.1, 0.15) is 5.56 Å². The minimum absolute atomic E-state index is 0.0716. The molecule has 0 aliphatic carbocycles. The van der Waals surface area contributed by atoms with Crippen molar-refractivity contribution in [3.63, 3.8) is 0 Å². The topological polar surface area (TPSA) is 95.2 Å². The third-order valence-electron chi connectivity index (χ3n) is 3.13. The number of rotatable bonds is 5. The summed E-state index contributed by atoms with van der Waals surface area (Å²) in [6.07, 6.45) is 1.52. The number of non-ortho nitro benzene ring substituents is 1. The average Bonchev–Trinajstić information content (AvgIpc) is 2.53. The number of nitro benzene ring substituents is 1. The molecule has 0 spiro atoms. The molecule has 0 radical (unpaired) electrons. The predicted octanol–water partition coefficient (Wildman–Crippen LogP) is 3.65. The van der Waals surface area contributed by atoms with Crippen molar-refractivity contribution in [3.05, 3.63) is 45.6 Å². The van der Waals surface area contributed by atoms with E-state index < -0.39 is 10.9 Å². The molecule has 0 fully saturated rings. The molecule has 7 nitrogen and oxygen atoms in total. The van der Waals surface area contributed by atoms with E-state index >= 15 is 0 Å². The lowest BCUT2D eigenvalue weighted by Crippen LogP contribution is -2.16. The molecule has 0 N–H and O–H groups in total. The molecule has 24 heavy (non-hydrogen) atoms. The predicted molar refractivity (Wildman–Crippen MR) is 91.2 cm³/mol. The number of nitrogens with zero attached hydrogens (tertiary/aromatic N) is 3.